The van der Waals surface area contributed by atoms with Gasteiger partial charge < -0.3 is 29.0 Å². The zero-order valence-corrected chi connectivity index (χ0v) is 16.4. The maximum atomic E-state index is 12.4. The van der Waals surface area contributed by atoms with Gasteiger partial charge in [-0.05, 0) is 13.1 Å². The monoisotopic (exact) mass is 406 g/mol. The molecule has 1 aliphatic heterocycles. The van der Waals surface area contributed by atoms with Crippen LogP contribution in [0.25, 0.3) is 11.3 Å². The van der Waals surface area contributed by atoms with Gasteiger partial charge in [-0.1, -0.05) is 19.0 Å². The van der Waals surface area contributed by atoms with E-state index in [1.807, 2.05) is 0 Å². The first-order chi connectivity index (χ1) is 14.0. The molecule has 0 fully saturated rings. The van der Waals surface area contributed by atoms with E-state index in [1.165, 1.54) is 19.2 Å². The predicted molar refractivity (Wildman–Crippen MR) is 102 cm³/mol. The third-order valence-electron chi connectivity index (χ3n) is 4.63. The first-order valence-corrected chi connectivity index (χ1v) is 9.12. The summed E-state index contributed by atoms with van der Waals surface area (Å²) in [7, 11) is 1.22. The highest BCUT2D eigenvalue weighted by atomic mass is 16.7. The fraction of sp³-hybridized carbons (Fsp3) is 0.444. The number of fused-ring (bicyclic) bond motifs is 1. The molecule has 0 unspecified atom stereocenters. The average molecular weight is 406 g/mol. The Morgan fingerprint density at radius 3 is 2.62 bits per heavy atom. The van der Waals surface area contributed by atoms with Gasteiger partial charge in [0.25, 0.3) is 5.69 Å². The number of hydrogen-bond donors (Lipinski definition) is 1. The fourth-order valence-corrected chi connectivity index (χ4v) is 3.02. The second-order valence-electron chi connectivity index (χ2n) is 6.16. The SMILES string of the molecule is CCN(CC)CCNc1noc(-c2cc3c(cc2[N+](=O)[O-])OCO3)c1C(=O)OC. The van der Waals surface area contributed by atoms with E-state index in [-0.39, 0.29) is 40.9 Å². The molecular formula is C18H22N4O7. The lowest BCUT2D eigenvalue weighted by Crippen LogP contribution is -2.29. The number of esters is 1. The van der Waals surface area contributed by atoms with Crippen LogP contribution < -0.4 is 14.8 Å². The van der Waals surface area contributed by atoms with Crippen LogP contribution in [0.5, 0.6) is 11.5 Å². The number of nitrogens with one attached hydrogen (secondary N) is 1. The van der Waals surface area contributed by atoms with Gasteiger partial charge in [0.2, 0.25) is 6.79 Å². The minimum atomic E-state index is -0.724. The number of nitrogens with zero attached hydrogens (tertiary/aromatic N) is 3. The predicted octanol–water partition coefficient (Wildman–Crippen LogP) is 2.52. The third kappa shape index (κ3) is 4.09. The van der Waals surface area contributed by atoms with E-state index in [0.29, 0.717) is 12.3 Å². The van der Waals surface area contributed by atoms with Gasteiger partial charge in [0.05, 0.1) is 18.1 Å². The molecule has 0 spiro atoms. The van der Waals surface area contributed by atoms with Crippen molar-refractivity contribution in [3.05, 3.63) is 27.8 Å². The molecule has 0 aliphatic carbocycles. The molecule has 1 N–H and O–H groups in total. The zero-order chi connectivity index (χ0) is 21.0. The Balaban J connectivity index is 1.99. The van der Waals surface area contributed by atoms with Crippen LogP contribution in [0.1, 0.15) is 24.2 Å². The number of nitro benzene ring substituents is 1. The summed E-state index contributed by atoms with van der Waals surface area (Å²) >= 11 is 0. The number of methoxy groups -OCH3 is 1. The smallest absolute Gasteiger partial charge is 0.345 e. The van der Waals surface area contributed by atoms with Gasteiger partial charge in [-0.25, -0.2) is 4.79 Å². The van der Waals surface area contributed by atoms with E-state index in [9.17, 15) is 14.9 Å². The number of rotatable bonds is 9. The highest BCUT2D eigenvalue weighted by molar-refractivity contribution is 6.01. The number of ether oxygens (including phenoxy) is 3. The standard InChI is InChI=1S/C18H22N4O7/c1-4-21(5-2)7-6-19-17-15(18(23)26-3)16(29-20-17)11-8-13-14(28-10-27-13)9-12(11)22(24)25/h8-9H,4-7,10H2,1-3H3,(H,19,20). The number of likely N-dealkylation sites (N-methyl/N-ethyl adjacent to an activating group) is 1. The van der Waals surface area contributed by atoms with Crippen molar-refractivity contribution in [2.75, 3.05) is 45.4 Å². The van der Waals surface area contributed by atoms with Crippen molar-refractivity contribution < 1.29 is 28.5 Å². The first kappa shape index (κ1) is 20.4. The molecule has 156 valence electrons. The van der Waals surface area contributed by atoms with Crippen LogP contribution in [0.3, 0.4) is 0 Å². The largest absolute Gasteiger partial charge is 0.465 e. The molecule has 0 radical (unpaired) electrons. The van der Waals surface area contributed by atoms with E-state index in [4.69, 9.17) is 18.7 Å². The summed E-state index contributed by atoms with van der Waals surface area (Å²) < 4.78 is 20.7. The van der Waals surface area contributed by atoms with Crippen molar-refractivity contribution in [2.24, 2.45) is 0 Å². The summed E-state index contributed by atoms with van der Waals surface area (Å²) in [5.74, 6) is -0.0808. The van der Waals surface area contributed by atoms with Crippen molar-refractivity contribution in [1.29, 1.82) is 0 Å². The maximum Gasteiger partial charge on any atom is 0.345 e. The maximum absolute atomic E-state index is 12.4. The summed E-state index contributed by atoms with van der Waals surface area (Å²) in [6, 6.07) is 2.63. The number of benzene rings is 1. The Morgan fingerprint density at radius 2 is 2.00 bits per heavy atom. The Kier molecular flexibility index (Phi) is 6.17. The Bertz CT molecular complexity index is 908. The Labute approximate surface area is 166 Å². The second kappa shape index (κ2) is 8.78. The van der Waals surface area contributed by atoms with Crippen molar-refractivity contribution in [3.8, 4) is 22.8 Å². The van der Waals surface area contributed by atoms with E-state index in [1.54, 1.807) is 0 Å². The molecule has 2 aromatic rings. The van der Waals surface area contributed by atoms with Crippen LogP contribution in [0.2, 0.25) is 0 Å². The van der Waals surface area contributed by atoms with Crippen molar-refractivity contribution in [1.82, 2.24) is 10.1 Å². The molecule has 0 atom stereocenters. The minimum Gasteiger partial charge on any atom is -0.465 e. The number of nitro groups is 1. The summed E-state index contributed by atoms with van der Waals surface area (Å²) in [6.45, 7) is 7.05. The van der Waals surface area contributed by atoms with Crippen LogP contribution in [0.15, 0.2) is 16.7 Å². The molecule has 3 rings (SSSR count). The van der Waals surface area contributed by atoms with Crippen molar-refractivity contribution in [3.63, 3.8) is 0 Å². The number of carbonyl (C=O) groups is 1. The zero-order valence-electron chi connectivity index (χ0n) is 16.4. The van der Waals surface area contributed by atoms with Gasteiger partial charge in [0.15, 0.2) is 28.6 Å². The lowest BCUT2D eigenvalue weighted by Gasteiger charge is -2.17. The number of anilines is 1. The molecule has 0 saturated carbocycles. The molecule has 11 nitrogen and oxygen atoms in total. The van der Waals surface area contributed by atoms with Crippen LogP contribution in [0, 0.1) is 10.1 Å². The number of hydrogen-bond acceptors (Lipinski definition) is 10. The van der Waals surface area contributed by atoms with E-state index >= 15 is 0 Å². The molecule has 2 heterocycles. The lowest BCUT2D eigenvalue weighted by molar-refractivity contribution is -0.384. The van der Waals surface area contributed by atoms with Gasteiger partial charge >= 0.3 is 5.97 Å². The molecule has 1 aliphatic rings. The average Bonchev–Trinajstić information content (AvgIpc) is 3.35. The quantitative estimate of drug-likeness (QED) is 0.377. The van der Waals surface area contributed by atoms with Gasteiger partial charge in [-0.15, -0.1) is 0 Å². The Morgan fingerprint density at radius 1 is 1.31 bits per heavy atom. The van der Waals surface area contributed by atoms with Gasteiger partial charge in [0.1, 0.15) is 5.56 Å². The minimum absolute atomic E-state index is 0.0194. The highest BCUT2D eigenvalue weighted by Crippen LogP contribution is 2.44. The van der Waals surface area contributed by atoms with Crippen LogP contribution in [-0.2, 0) is 4.74 Å². The molecule has 11 heteroatoms. The van der Waals surface area contributed by atoms with Gasteiger partial charge in [0, 0.05) is 19.2 Å². The normalized spacial score (nSPS) is 12.3. The topological polar surface area (TPSA) is 129 Å². The Hall–Kier alpha value is -3.34. The highest BCUT2D eigenvalue weighted by Gasteiger charge is 2.32. The van der Waals surface area contributed by atoms with Crippen molar-refractivity contribution in [2.45, 2.75) is 13.8 Å². The first-order valence-electron chi connectivity index (χ1n) is 9.12. The molecule has 29 heavy (non-hydrogen) atoms. The number of carbonyl (C=O) groups excluding carboxylic acids is 1. The lowest BCUT2D eigenvalue weighted by atomic mass is 10.1. The van der Waals surface area contributed by atoms with Gasteiger partial charge in [-0.3, -0.25) is 10.1 Å². The third-order valence-corrected chi connectivity index (χ3v) is 4.63. The van der Waals surface area contributed by atoms with E-state index in [2.05, 4.69) is 29.2 Å². The summed E-state index contributed by atoms with van der Waals surface area (Å²) in [6.07, 6.45) is 0. The van der Waals surface area contributed by atoms with E-state index in [0.717, 1.165) is 19.6 Å². The molecule has 1 aromatic heterocycles. The molecular weight excluding hydrogens is 384 g/mol. The van der Waals surface area contributed by atoms with Crippen LogP contribution >= 0.6 is 0 Å². The van der Waals surface area contributed by atoms with Crippen LogP contribution in [-0.4, -0.2) is 61.0 Å². The van der Waals surface area contributed by atoms with E-state index < -0.39 is 10.9 Å². The number of aromatic nitrogens is 1. The molecule has 0 saturated heterocycles. The van der Waals surface area contributed by atoms with Gasteiger partial charge in [-0.2, -0.15) is 0 Å². The molecule has 0 amide bonds. The summed E-state index contributed by atoms with van der Waals surface area (Å²) in [4.78, 5) is 25.6. The van der Waals surface area contributed by atoms with Crippen molar-refractivity contribution >= 4 is 17.5 Å². The van der Waals surface area contributed by atoms with Crippen LogP contribution in [0.4, 0.5) is 11.5 Å². The second-order valence-corrected chi connectivity index (χ2v) is 6.16. The summed E-state index contributed by atoms with van der Waals surface area (Å²) in [5, 5.41) is 18.5. The summed E-state index contributed by atoms with van der Waals surface area (Å²) in [5.41, 5.74) is -0.275. The molecule has 0 bridgehead atoms. The fourth-order valence-electron chi connectivity index (χ4n) is 3.02. The molecule has 1 aromatic carbocycles.